The summed E-state index contributed by atoms with van der Waals surface area (Å²) < 4.78 is 5.42. The highest BCUT2D eigenvalue weighted by atomic mass is 32.1. The minimum absolute atomic E-state index is 0.374. The first-order chi connectivity index (χ1) is 6.75. The van der Waals surface area contributed by atoms with Gasteiger partial charge in [0.1, 0.15) is 5.75 Å². The van der Waals surface area contributed by atoms with Crippen molar-refractivity contribution in [2.45, 2.75) is 0 Å². The van der Waals surface area contributed by atoms with Crippen LogP contribution in [0.2, 0.25) is 0 Å². The van der Waals surface area contributed by atoms with Crippen LogP contribution < -0.4 is 16.2 Å². The van der Waals surface area contributed by atoms with Crippen LogP contribution in [-0.2, 0) is 0 Å². The highest BCUT2D eigenvalue weighted by molar-refractivity contribution is 7.19. The number of ether oxygens (including phenoxy) is 1. The van der Waals surface area contributed by atoms with Crippen LogP contribution in [0.4, 0.5) is 10.1 Å². The Labute approximate surface area is 85.1 Å². The standard InChI is InChI=1S/C9H9N3OS/c10-7-8(12-9(11)14-7)13-6-4-2-1-3-5-6/h1-5H,10H2,(H2,11,12). The van der Waals surface area contributed by atoms with E-state index in [0.29, 0.717) is 21.8 Å². The number of nitrogen functional groups attached to an aromatic ring is 2. The van der Waals surface area contributed by atoms with Gasteiger partial charge in [0, 0.05) is 0 Å². The lowest BCUT2D eigenvalue weighted by Crippen LogP contribution is -1.89. The number of hydrogen-bond donors (Lipinski definition) is 2. The van der Waals surface area contributed by atoms with Crippen LogP contribution in [0.15, 0.2) is 30.3 Å². The summed E-state index contributed by atoms with van der Waals surface area (Å²) in [6, 6.07) is 9.32. The predicted molar refractivity (Wildman–Crippen MR) is 57.5 cm³/mol. The van der Waals surface area contributed by atoms with Gasteiger partial charge in [0.2, 0.25) is 0 Å². The summed E-state index contributed by atoms with van der Waals surface area (Å²) in [5.41, 5.74) is 11.1. The number of hydrogen-bond acceptors (Lipinski definition) is 5. The van der Waals surface area contributed by atoms with Crippen molar-refractivity contribution in [3.63, 3.8) is 0 Å². The van der Waals surface area contributed by atoms with Gasteiger partial charge >= 0.3 is 0 Å². The average molecular weight is 207 g/mol. The molecule has 0 saturated carbocycles. The minimum atomic E-state index is 0.374. The zero-order valence-corrected chi connectivity index (χ0v) is 8.12. The van der Waals surface area contributed by atoms with E-state index in [4.69, 9.17) is 16.2 Å². The Hall–Kier alpha value is -1.75. The fourth-order valence-electron chi connectivity index (χ4n) is 1.01. The molecule has 0 unspecified atom stereocenters. The lowest BCUT2D eigenvalue weighted by molar-refractivity contribution is 0.469. The van der Waals surface area contributed by atoms with Crippen molar-refractivity contribution in [1.29, 1.82) is 0 Å². The third-order valence-corrected chi connectivity index (χ3v) is 2.29. The topological polar surface area (TPSA) is 74.2 Å². The van der Waals surface area contributed by atoms with E-state index in [1.54, 1.807) is 0 Å². The summed E-state index contributed by atoms with van der Waals surface area (Å²) in [5, 5.41) is 0.903. The molecule has 14 heavy (non-hydrogen) atoms. The van der Waals surface area contributed by atoms with Gasteiger partial charge in [-0.15, -0.1) is 0 Å². The first-order valence-corrected chi connectivity index (χ1v) is 4.82. The summed E-state index contributed by atoms with van der Waals surface area (Å²) in [6.07, 6.45) is 0. The number of anilines is 2. The smallest absolute Gasteiger partial charge is 0.256 e. The van der Waals surface area contributed by atoms with Gasteiger partial charge in [0.15, 0.2) is 10.1 Å². The molecular formula is C9H9N3OS. The number of thiazole rings is 1. The van der Waals surface area contributed by atoms with Crippen LogP contribution in [-0.4, -0.2) is 4.98 Å². The molecule has 0 aliphatic rings. The van der Waals surface area contributed by atoms with Crippen molar-refractivity contribution in [3.8, 4) is 11.6 Å². The Balaban J connectivity index is 2.23. The molecule has 2 rings (SSSR count). The highest BCUT2D eigenvalue weighted by Gasteiger charge is 2.07. The SMILES string of the molecule is Nc1nc(Oc2ccccc2)c(N)s1. The van der Waals surface area contributed by atoms with Gasteiger partial charge in [-0.05, 0) is 12.1 Å². The molecule has 4 N–H and O–H groups in total. The van der Waals surface area contributed by atoms with Gasteiger partial charge in [-0.3, -0.25) is 0 Å². The van der Waals surface area contributed by atoms with Crippen LogP contribution in [0, 0.1) is 0 Å². The van der Waals surface area contributed by atoms with Gasteiger partial charge in [-0.1, -0.05) is 29.5 Å². The monoisotopic (exact) mass is 207 g/mol. The predicted octanol–water partition coefficient (Wildman–Crippen LogP) is 2.10. The van der Waals surface area contributed by atoms with Crippen molar-refractivity contribution >= 4 is 21.5 Å². The Morgan fingerprint density at radius 2 is 1.86 bits per heavy atom. The van der Waals surface area contributed by atoms with Gasteiger partial charge in [0.25, 0.3) is 5.88 Å². The van der Waals surface area contributed by atoms with E-state index in [2.05, 4.69) is 4.98 Å². The largest absolute Gasteiger partial charge is 0.436 e. The third kappa shape index (κ3) is 1.77. The maximum absolute atomic E-state index is 5.64. The normalized spacial score (nSPS) is 10.0. The second-order valence-electron chi connectivity index (χ2n) is 2.64. The molecule has 2 aromatic rings. The van der Waals surface area contributed by atoms with E-state index >= 15 is 0 Å². The molecule has 0 aliphatic heterocycles. The van der Waals surface area contributed by atoms with E-state index < -0.39 is 0 Å². The van der Waals surface area contributed by atoms with Crippen LogP contribution >= 0.6 is 11.3 Å². The zero-order valence-electron chi connectivity index (χ0n) is 7.31. The zero-order chi connectivity index (χ0) is 9.97. The molecule has 0 aliphatic carbocycles. The molecule has 0 atom stereocenters. The van der Waals surface area contributed by atoms with Gasteiger partial charge in [-0.25, -0.2) is 0 Å². The minimum Gasteiger partial charge on any atom is -0.436 e. The van der Waals surface area contributed by atoms with E-state index in [-0.39, 0.29) is 0 Å². The van der Waals surface area contributed by atoms with Crippen LogP contribution in [0.5, 0.6) is 11.6 Å². The summed E-state index contributed by atoms with van der Waals surface area (Å²) in [4.78, 5) is 3.95. The van der Waals surface area contributed by atoms with E-state index in [0.717, 1.165) is 0 Å². The first-order valence-electron chi connectivity index (χ1n) is 4.00. The maximum atomic E-state index is 5.64. The average Bonchev–Trinajstić information content (AvgIpc) is 2.47. The van der Waals surface area contributed by atoms with E-state index in [1.165, 1.54) is 11.3 Å². The summed E-state index contributed by atoms with van der Waals surface area (Å²) in [7, 11) is 0. The van der Waals surface area contributed by atoms with Crippen molar-refractivity contribution in [3.05, 3.63) is 30.3 Å². The number of nitrogens with two attached hydrogens (primary N) is 2. The number of nitrogens with zero attached hydrogens (tertiary/aromatic N) is 1. The Kier molecular flexibility index (Phi) is 2.24. The summed E-state index contributed by atoms with van der Waals surface area (Å²) >= 11 is 1.21. The van der Waals surface area contributed by atoms with Gasteiger partial charge in [-0.2, -0.15) is 4.98 Å². The summed E-state index contributed by atoms with van der Waals surface area (Å²) in [5.74, 6) is 1.07. The number of para-hydroxylation sites is 1. The maximum Gasteiger partial charge on any atom is 0.256 e. The van der Waals surface area contributed by atoms with Crippen LogP contribution in [0.25, 0.3) is 0 Å². The molecule has 72 valence electrons. The van der Waals surface area contributed by atoms with E-state index in [1.807, 2.05) is 30.3 Å². The lowest BCUT2D eigenvalue weighted by Gasteiger charge is -2.01. The van der Waals surface area contributed by atoms with E-state index in [9.17, 15) is 0 Å². The Bertz CT molecular complexity index is 427. The molecule has 1 heterocycles. The summed E-state index contributed by atoms with van der Waals surface area (Å²) in [6.45, 7) is 0. The first kappa shape index (κ1) is 8.83. The van der Waals surface area contributed by atoms with Crippen molar-refractivity contribution in [2.75, 3.05) is 11.5 Å². The van der Waals surface area contributed by atoms with Crippen molar-refractivity contribution in [2.24, 2.45) is 0 Å². The molecule has 0 radical (unpaired) electrons. The van der Waals surface area contributed by atoms with Crippen LogP contribution in [0.1, 0.15) is 0 Å². The number of rotatable bonds is 2. The van der Waals surface area contributed by atoms with Crippen molar-refractivity contribution in [1.82, 2.24) is 4.98 Å². The Morgan fingerprint density at radius 1 is 1.14 bits per heavy atom. The molecule has 1 aromatic carbocycles. The van der Waals surface area contributed by atoms with Gasteiger partial charge < -0.3 is 16.2 Å². The second-order valence-corrected chi connectivity index (χ2v) is 3.70. The molecule has 0 bridgehead atoms. The molecule has 1 aromatic heterocycles. The second kappa shape index (κ2) is 3.55. The number of aromatic nitrogens is 1. The van der Waals surface area contributed by atoms with Crippen LogP contribution in [0.3, 0.4) is 0 Å². The molecular weight excluding hydrogens is 198 g/mol. The molecule has 0 saturated heterocycles. The molecule has 0 spiro atoms. The highest BCUT2D eigenvalue weighted by Crippen LogP contribution is 2.32. The number of benzene rings is 1. The van der Waals surface area contributed by atoms with Crippen molar-refractivity contribution < 1.29 is 4.74 Å². The molecule has 5 heteroatoms. The fourth-order valence-corrected chi connectivity index (χ4v) is 1.54. The molecule has 0 fully saturated rings. The molecule has 4 nitrogen and oxygen atoms in total. The molecule has 0 amide bonds. The third-order valence-electron chi connectivity index (χ3n) is 1.59. The Morgan fingerprint density at radius 3 is 2.43 bits per heavy atom. The van der Waals surface area contributed by atoms with Gasteiger partial charge in [0.05, 0.1) is 0 Å². The lowest BCUT2D eigenvalue weighted by atomic mass is 10.3. The quantitative estimate of drug-likeness (QED) is 0.790. The fraction of sp³-hybridized carbons (Fsp3) is 0.